The van der Waals surface area contributed by atoms with Gasteiger partial charge in [-0.3, -0.25) is 4.79 Å². The van der Waals surface area contributed by atoms with Crippen molar-refractivity contribution in [1.82, 2.24) is 9.97 Å². The number of carbonyl (C=O) groups is 1. The third-order valence-electron chi connectivity index (χ3n) is 2.04. The fourth-order valence-electron chi connectivity index (χ4n) is 1.31. The van der Waals surface area contributed by atoms with E-state index in [4.69, 9.17) is 10.4 Å². The van der Waals surface area contributed by atoms with Gasteiger partial charge in [0.2, 0.25) is 5.82 Å². The molecule has 78 valence electrons. The van der Waals surface area contributed by atoms with Crippen molar-refractivity contribution in [2.75, 3.05) is 0 Å². The van der Waals surface area contributed by atoms with Crippen LogP contribution in [-0.2, 0) is 0 Å². The monoisotopic (exact) mass is 215 g/mol. The van der Waals surface area contributed by atoms with Crippen LogP contribution in [0.4, 0.5) is 0 Å². The lowest BCUT2D eigenvalue weighted by molar-refractivity contribution is 0.0683. The molecule has 0 saturated heterocycles. The van der Waals surface area contributed by atoms with Gasteiger partial charge < -0.3 is 10.1 Å². The van der Waals surface area contributed by atoms with Crippen molar-refractivity contribution in [3.63, 3.8) is 0 Å². The minimum Gasteiger partial charge on any atom is -0.475 e. The number of aromatic amines is 1. The zero-order valence-electron chi connectivity index (χ0n) is 7.89. The molecule has 2 rings (SSSR count). The quantitative estimate of drug-likeness (QED) is 0.719. The molecule has 1 heterocycles. The molecule has 6 heteroatoms. The molecule has 0 atom stereocenters. The van der Waals surface area contributed by atoms with Crippen LogP contribution in [0, 0.1) is 11.3 Å². The number of aromatic nitrogens is 2. The summed E-state index contributed by atoms with van der Waals surface area (Å²) in [7, 11) is 0. The van der Waals surface area contributed by atoms with Crippen LogP contribution in [0.1, 0.15) is 16.2 Å². The summed E-state index contributed by atoms with van der Waals surface area (Å²) in [6.07, 6.45) is 0. The van der Waals surface area contributed by atoms with Crippen LogP contribution in [0.25, 0.3) is 10.9 Å². The van der Waals surface area contributed by atoms with Crippen LogP contribution in [0.15, 0.2) is 23.0 Å². The molecule has 0 aliphatic carbocycles. The Morgan fingerprint density at radius 3 is 2.88 bits per heavy atom. The van der Waals surface area contributed by atoms with Crippen LogP contribution >= 0.6 is 0 Å². The van der Waals surface area contributed by atoms with E-state index in [-0.39, 0.29) is 10.9 Å². The average Bonchev–Trinajstić information content (AvgIpc) is 2.28. The lowest BCUT2D eigenvalue weighted by Gasteiger charge is -1.98. The van der Waals surface area contributed by atoms with Gasteiger partial charge in [-0.05, 0) is 18.2 Å². The number of nitriles is 1. The lowest BCUT2D eigenvalue weighted by Crippen LogP contribution is -2.15. The third-order valence-corrected chi connectivity index (χ3v) is 2.04. The molecule has 0 spiro atoms. The summed E-state index contributed by atoms with van der Waals surface area (Å²) >= 11 is 0. The number of carboxylic acids is 1. The van der Waals surface area contributed by atoms with Gasteiger partial charge in [-0.15, -0.1) is 0 Å². The first kappa shape index (κ1) is 9.86. The SMILES string of the molecule is N#Cc1ccc2nc(C(=O)O)[nH]c(=O)c2c1. The van der Waals surface area contributed by atoms with Gasteiger partial charge in [-0.25, -0.2) is 9.78 Å². The van der Waals surface area contributed by atoms with E-state index < -0.39 is 17.4 Å². The highest BCUT2D eigenvalue weighted by Crippen LogP contribution is 2.09. The van der Waals surface area contributed by atoms with Crippen molar-refractivity contribution < 1.29 is 9.90 Å². The molecule has 0 aliphatic heterocycles. The second kappa shape index (κ2) is 3.47. The maximum absolute atomic E-state index is 11.5. The fraction of sp³-hybridized carbons (Fsp3) is 0. The summed E-state index contributed by atoms with van der Waals surface area (Å²) in [5, 5.41) is 17.5. The Morgan fingerprint density at radius 1 is 1.50 bits per heavy atom. The number of benzene rings is 1. The van der Waals surface area contributed by atoms with E-state index in [0.717, 1.165) is 0 Å². The summed E-state index contributed by atoms with van der Waals surface area (Å²) in [6.45, 7) is 0. The zero-order chi connectivity index (χ0) is 11.7. The molecule has 0 aliphatic rings. The number of H-pyrrole nitrogens is 1. The normalized spacial score (nSPS) is 9.94. The molecule has 16 heavy (non-hydrogen) atoms. The predicted octanol–water partition coefficient (Wildman–Crippen LogP) is 0.493. The highest BCUT2D eigenvalue weighted by Gasteiger charge is 2.09. The maximum atomic E-state index is 11.5. The molecule has 0 unspecified atom stereocenters. The Kier molecular flexibility index (Phi) is 2.14. The maximum Gasteiger partial charge on any atom is 0.372 e. The van der Waals surface area contributed by atoms with Crippen LogP contribution < -0.4 is 5.56 Å². The Bertz CT molecular complexity index is 682. The number of nitrogens with zero attached hydrogens (tertiary/aromatic N) is 2. The molecule has 2 N–H and O–H groups in total. The van der Waals surface area contributed by atoms with Crippen LogP contribution in [0.2, 0.25) is 0 Å². The molecule has 1 aromatic carbocycles. The summed E-state index contributed by atoms with van der Waals surface area (Å²) in [5.41, 5.74) is 0.00234. The van der Waals surface area contributed by atoms with Gasteiger partial charge in [0.1, 0.15) is 0 Å². The van der Waals surface area contributed by atoms with E-state index >= 15 is 0 Å². The Balaban J connectivity index is 2.83. The van der Waals surface area contributed by atoms with Crippen LogP contribution in [-0.4, -0.2) is 21.0 Å². The molecule has 2 aromatic rings. The average molecular weight is 215 g/mol. The number of nitrogens with one attached hydrogen (secondary N) is 1. The molecular formula is C10H5N3O3. The predicted molar refractivity (Wildman–Crippen MR) is 54.0 cm³/mol. The topological polar surface area (TPSA) is 107 Å². The van der Waals surface area contributed by atoms with Gasteiger partial charge in [-0.2, -0.15) is 5.26 Å². The van der Waals surface area contributed by atoms with Crippen molar-refractivity contribution in [2.45, 2.75) is 0 Å². The fourth-order valence-corrected chi connectivity index (χ4v) is 1.31. The van der Waals surface area contributed by atoms with Crippen molar-refractivity contribution in [3.8, 4) is 6.07 Å². The Morgan fingerprint density at radius 2 is 2.25 bits per heavy atom. The molecule has 0 fully saturated rings. The molecule has 1 aromatic heterocycles. The molecule has 0 radical (unpaired) electrons. The number of hydrogen-bond acceptors (Lipinski definition) is 4. The van der Waals surface area contributed by atoms with E-state index in [1.165, 1.54) is 18.2 Å². The van der Waals surface area contributed by atoms with Crippen molar-refractivity contribution in [3.05, 3.63) is 39.9 Å². The molecule has 0 bridgehead atoms. The van der Waals surface area contributed by atoms with Gasteiger partial charge in [0.25, 0.3) is 5.56 Å². The highest BCUT2D eigenvalue weighted by atomic mass is 16.4. The van der Waals surface area contributed by atoms with Gasteiger partial charge in [0.15, 0.2) is 0 Å². The van der Waals surface area contributed by atoms with E-state index in [0.29, 0.717) is 5.56 Å². The van der Waals surface area contributed by atoms with Gasteiger partial charge in [0.05, 0.1) is 22.5 Å². The van der Waals surface area contributed by atoms with Gasteiger partial charge in [-0.1, -0.05) is 0 Å². The number of fused-ring (bicyclic) bond motifs is 1. The van der Waals surface area contributed by atoms with Gasteiger partial charge in [0, 0.05) is 0 Å². The molecule has 0 saturated carbocycles. The van der Waals surface area contributed by atoms with E-state index in [1.807, 2.05) is 6.07 Å². The van der Waals surface area contributed by atoms with Crippen molar-refractivity contribution in [2.24, 2.45) is 0 Å². The second-order valence-corrected chi connectivity index (χ2v) is 3.06. The first-order chi connectivity index (χ1) is 7.61. The highest BCUT2D eigenvalue weighted by molar-refractivity contribution is 5.87. The number of carboxylic acid groups (broad SMARTS) is 1. The summed E-state index contributed by atoms with van der Waals surface area (Å²) in [4.78, 5) is 28.0. The lowest BCUT2D eigenvalue weighted by atomic mass is 10.1. The van der Waals surface area contributed by atoms with E-state index in [9.17, 15) is 9.59 Å². The summed E-state index contributed by atoms with van der Waals surface area (Å²) in [6, 6.07) is 6.17. The van der Waals surface area contributed by atoms with Crippen molar-refractivity contribution >= 4 is 16.9 Å². The Hall–Kier alpha value is -2.68. The number of aromatic carboxylic acids is 1. The minimum absolute atomic E-state index is 0.198. The van der Waals surface area contributed by atoms with Gasteiger partial charge >= 0.3 is 5.97 Å². The van der Waals surface area contributed by atoms with Crippen LogP contribution in [0.3, 0.4) is 0 Å². The molecular weight excluding hydrogens is 210 g/mol. The van der Waals surface area contributed by atoms with Crippen molar-refractivity contribution in [1.29, 1.82) is 5.26 Å². The first-order valence-electron chi connectivity index (χ1n) is 4.29. The molecule has 0 amide bonds. The second-order valence-electron chi connectivity index (χ2n) is 3.06. The van der Waals surface area contributed by atoms with E-state index in [2.05, 4.69) is 9.97 Å². The number of rotatable bonds is 1. The van der Waals surface area contributed by atoms with Crippen LogP contribution in [0.5, 0.6) is 0 Å². The van der Waals surface area contributed by atoms with E-state index in [1.54, 1.807) is 0 Å². The zero-order valence-corrected chi connectivity index (χ0v) is 7.89. The summed E-state index contributed by atoms with van der Waals surface area (Å²) in [5.74, 6) is -1.72. The first-order valence-corrected chi connectivity index (χ1v) is 4.29. The standard InChI is InChI=1S/C10H5N3O3/c11-4-5-1-2-7-6(3-5)9(14)13-8(12-7)10(15)16/h1-3H,(H,15,16)(H,12,13,14). The third kappa shape index (κ3) is 1.50. The smallest absolute Gasteiger partial charge is 0.372 e. The Labute approximate surface area is 88.8 Å². The summed E-state index contributed by atoms with van der Waals surface area (Å²) < 4.78 is 0. The minimum atomic E-state index is -1.30. The molecule has 6 nitrogen and oxygen atoms in total. The largest absolute Gasteiger partial charge is 0.475 e. The number of hydrogen-bond donors (Lipinski definition) is 2.